The van der Waals surface area contributed by atoms with E-state index in [9.17, 15) is 48.7 Å². The molecule has 144 valence electrons. The summed E-state index contributed by atoms with van der Waals surface area (Å²) >= 11 is 8.01. The van der Waals surface area contributed by atoms with Gasteiger partial charge in [-0.2, -0.15) is 43.9 Å². The van der Waals surface area contributed by atoms with Crippen LogP contribution in [0.15, 0.2) is 0 Å². The van der Waals surface area contributed by atoms with Crippen molar-refractivity contribution in [2.24, 2.45) is 0 Å². The molecule has 0 radical (unpaired) electrons. The molecule has 0 aliphatic heterocycles. The van der Waals surface area contributed by atoms with E-state index in [4.69, 9.17) is 10.2 Å². The maximum absolute atomic E-state index is 12.7. The van der Waals surface area contributed by atoms with Gasteiger partial charge in [-0.05, 0) is 23.2 Å². The van der Waals surface area contributed by atoms with Crippen molar-refractivity contribution < 1.29 is 58.9 Å². The first-order valence-electron chi connectivity index (χ1n) is 5.33. The first-order chi connectivity index (χ1) is 10.1. The molecule has 2 N–H and O–H groups in total. The van der Waals surface area contributed by atoms with E-state index in [0.717, 1.165) is 0 Å². The van der Waals surface area contributed by atoms with Gasteiger partial charge < -0.3 is 10.2 Å². The van der Waals surface area contributed by atoms with Gasteiger partial charge in [-0.3, -0.25) is 4.79 Å². The lowest BCUT2D eigenvalue weighted by atomic mass is 9.89. The highest BCUT2D eigenvalue weighted by Crippen LogP contribution is 2.50. The van der Waals surface area contributed by atoms with Crippen molar-refractivity contribution in [2.75, 3.05) is 0 Å². The van der Waals surface area contributed by atoms with Gasteiger partial charge in [0.15, 0.2) is 0 Å². The molecule has 15 heteroatoms. The minimum absolute atomic E-state index is 2.66. The lowest BCUT2D eigenvalue weighted by Gasteiger charge is -2.36. The monoisotopic (exact) mass is 422 g/mol. The maximum Gasteiger partial charge on any atom is 0.425 e. The molecule has 24 heavy (non-hydrogen) atoms. The van der Waals surface area contributed by atoms with Gasteiger partial charge in [0.05, 0.1) is 12.8 Å². The van der Waals surface area contributed by atoms with Crippen molar-refractivity contribution in [1.29, 1.82) is 0 Å². The number of halogens is 12. The summed E-state index contributed by atoms with van der Waals surface area (Å²) in [4.78, 5) is 11.2. The fourth-order valence-corrected chi connectivity index (χ4v) is 1.70. The summed E-state index contributed by atoms with van der Waals surface area (Å²) in [6.45, 7) is 0. The Morgan fingerprint density at radius 2 is 0.875 bits per heavy atom. The summed E-state index contributed by atoms with van der Waals surface area (Å²) in [6.07, 6.45) is -18.3. The van der Waals surface area contributed by atoms with E-state index in [1.165, 1.54) is 0 Å². The number of aliphatic hydroxyl groups is 2. The number of carbonyl (C=O) groups excluding carboxylic acids is 1. The van der Waals surface area contributed by atoms with Crippen molar-refractivity contribution in [2.45, 2.75) is 47.2 Å². The number of rotatable bonds is 6. The molecule has 0 rings (SSSR count). The molecule has 0 bridgehead atoms. The Kier molecular flexibility index (Phi) is 6.18. The second kappa shape index (κ2) is 6.32. The van der Waals surface area contributed by atoms with Crippen molar-refractivity contribution in [3.8, 4) is 0 Å². The zero-order valence-corrected chi connectivity index (χ0v) is 12.3. The standard InChI is InChI=1S/C9H6Cl2F10O3/c10-6(12,13)4(23,8(16,17)18)1-3(22)2-5(24,7(11,14)15)9(19,20)21/h23-24H,1-2H2/t4-,5-/m0/s1. The minimum atomic E-state index is -6.33. The lowest BCUT2D eigenvalue weighted by Crippen LogP contribution is -2.60. The van der Waals surface area contributed by atoms with Gasteiger partial charge in [-0.15, -0.1) is 0 Å². The molecule has 0 aliphatic rings. The van der Waals surface area contributed by atoms with E-state index < -0.39 is 52.9 Å². The SMILES string of the molecule is O=C(C[C@@](O)(C(F)(F)F)C(F)(F)Cl)C[C@@](O)(C(F)(F)F)C(F)(F)Cl. The van der Waals surface area contributed by atoms with Gasteiger partial charge in [-0.1, -0.05) is 0 Å². The Balaban J connectivity index is 5.74. The largest absolute Gasteiger partial charge is 0.425 e. The molecule has 2 atom stereocenters. The molecule has 0 spiro atoms. The third-order valence-corrected chi connectivity index (χ3v) is 3.41. The van der Waals surface area contributed by atoms with Gasteiger partial charge in [0.2, 0.25) is 11.2 Å². The second-order valence-electron chi connectivity index (χ2n) is 4.60. The Bertz CT molecular complexity index is 406. The summed E-state index contributed by atoms with van der Waals surface area (Å²) in [5.41, 5.74) is -10.7. The summed E-state index contributed by atoms with van der Waals surface area (Å²) in [5.74, 6) is -2.66. The molecule has 0 saturated heterocycles. The molecule has 0 heterocycles. The third kappa shape index (κ3) is 4.35. The molecule has 0 saturated carbocycles. The number of hydrogen-bond donors (Lipinski definition) is 2. The molecule has 0 aliphatic carbocycles. The van der Waals surface area contributed by atoms with E-state index in [1.807, 2.05) is 0 Å². The van der Waals surface area contributed by atoms with E-state index >= 15 is 0 Å². The maximum atomic E-state index is 12.7. The topological polar surface area (TPSA) is 57.5 Å². The second-order valence-corrected chi connectivity index (χ2v) is 5.55. The molecular weight excluding hydrogens is 417 g/mol. The number of hydrogen-bond acceptors (Lipinski definition) is 3. The van der Waals surface area contributed by atoms with Crippen LogP contribution in [0.1, 0.15) is 12.8 Å². The number of alkyl halides is 12. The van der Waals surface area contributed by atoms with Crippen LogP contribution in [0, 0.1) is 0 Å². The Morgan fingerprint density at radius 1 is 0.667 bits per heavy atom. The van der Waals surface area contributed by atoms with Gasteiger partial charge in [0.25, 0.3) is 0 Å². The van der Waals surface area contributed by atoms with Crippen LogP contribution in [-0.4, -0.2) is 50.3 Å². The van der Waals surface area contributed by atoms with Gasteiger partial charge in [0, 0.05) is 0 Å². The number of ketones is 1. The van der Waals surface area contributed by atoms with Crippen LogP contribution in [0.4, 0.5) is 43.9 Å². The van der Waals surface area contributed by atoms with Crippen molar-refractivity contribution in [3.63, 3.8) is 0 Å². The number of carbonyl (C=O) groups is 1. The van der Waals surface area contributed by atoms with E-state index in [0.29, 0.717) is 0 Å². The Labute approximate surface area is 136 Å². The summed E-state index contributed by atoms with van der Waals surface area (Å²) in [7, 11) is 0. The first kappa shape index (κ1) is 23.5. The normalized spacial score (nSPS) is 19.6. The van der Waals surface area contributed by atoms with Crippen molar-refractivity contribution >= 4 is 29.0 Å². The van der Waals surface area contributed by atoms with Crippen molar-refractivity contribution in [1.82, 2.24) is 0 Å². The van der Waals surface area contributed by atoms with Crippen LogP contribution >= 0.6 is 23.2 Å². The van der Waals surface area contributed by atoms with Gasteiger partial charge in [0.1, 0.15) is 5.78 Å². The van der Waals surface area contributed by atoms with Crippen LogP contribution < -0.4 is 0 Å². The van der Waals surface area contributed by atoms with Gasteiger partial charge >= 0.3 is 23.1 Å². The van der Waals surface area contributed by atoms with Crippen LogP contribution in [0.3, 0.4) is 0 Å². The lowest BCUT2D eigenvalue weighted by molar-refractivity contribution is -0.316. The summed E-state index contributed by atoms with van der Waals surface area (Å²) in [5, 5.41) is 6.50. The van der Waals surface area contributed by atoms with Crippen LogP contribution in [0.5, 0.6) is 0 Å². The van der Waals surface area contributed by atoms with E-state index in [2.05, 4.69) is 23.2 Å². The van der Waals surface area contributed by atoms with E-state index in [1.54, 1.807) is 0 Å². The van der Waals surface area contributed by atoms with Crippen LogP contribution in [0.25, 0.3) is 0 Å². The predicted molar refractivity (Wildman–Crippen MR) is 57.9 cm³/mol. The average Bonchev–Trinajstić information content (AvgIpc) is 2.21. The first-order valence-corrected chi connectivity index (χ1v) is 6.09. The van der Waals surface area contributed by atoms with Crippen LogP contribution in [0.2, 0.25) is 0 Å². The quantitative estimate of drug-likeness (QED) is 0.508. The Hall–Kier alpha value is -0.530. The molecule has 0 aromatic rings. The highest BCUT2D eigenvalue weighted by Gasteiger charge is 2.72. The fourth-order valence-electron chi connectivity index (χ4n) is 1.36. The van der Waals surface area contributed by atoms with Crippen LogP contribution in [-0.2, 0) is 4.79 Å². The smallest absolute Gasteiger partial charge is 0.375 e. The fraction of sp³-hybridized carbons (Fsp3) is 0.889. The predicted octanol–water partition coefficient (Wildman–Crippen LogP) is 3.59. The van der Waals surface area contributed by atoms with Crippen molar-refractivity contribution in [3.05, 3.63) is 0 Å². The Morgan fingerprint density at radius 3 is 1.00 bits per heavy atom. The summed E-state index contributed by atoms with van der Waals surface area (Å²) in [6, 6.07) is 0. The zero-order chi connectivity index (χ0) is 20.0. The number of Topliss-reactive ketones (excluding diaryl/α,β-unsaturated/α-hetero) is 1. The highest BCUT2D eigenvalue weighted by atomic mass is 35.5. The van der Waals surface area contributed by atoms with Gasteiger partial charge in [-0.25, -0.2) is 0 Å². The van der Waals surface area contributed by atoms with E-state index in [-0.39, 0.29) is 0 Å². The molecule has 0 amide bonds. The average molecular weight is 423 g/mol. The summed E-state index contributed by atoms with van der Waals surface area (Å²) < 4.78 is 125. The molecule has 0 aromatic carbocycles. The molecule has 0 fully saturated rings. The highest BCUT2D eigenvalue weighted by molar-refractivity contribution is 6.23. The molecular formula is C9H6Cl2F10O3. The third-order valence-electron chi connectivity index (χ3n) is 2.78. The molecule has 0 unspecified atom stereocenters. The molecule has 3 nitrogen and oxygen atoms in total. The molecule has 0 aromatic heterocycles. The minimum Gasteiger partial charge on any atom is -0.375 e. The zero-order valence-electron chi connectivity index (χ0n) is 10.8.